The van der Waals surface area contributed by atoms with E-state index >= 15 is 0 Å². The Kier molecular flexibility index (Phi) is 7.31. The highest BCUT2D eigenvalue weighted by Crippen LogP contribution is 2.33. The summed E-state index contributed by atoms with van der Waals surface area (Å²) in [5.41, 5.74) is 1.15. The number of carbonyl (C=O) groups excluding carboxylic acids is 2. The van der Waals surface area contributed by atoms with Crippen LogP contribution < -0.4 is 5.32 Å². The summed E-state index contributed by atoms with van der Waals surface area (Å²) in [6, 6.07) is 3.68. The number of aryl methyl sites for hydroxylation is 1. The summed E-state index contributed by atoms with van der Waals surface area (Å²) in [6.07, 6.45) is 4.62. The first kappa shape index (κ1) is 24.8. The first-order chi connectivity index (χ1) is 17.4. The number of hydrogen-bond acceptors (Lipinski definition) is 8. The number of nitrogens with one attached hydrogen (secondary N) is 1. The molecule has 2 atom stereocenters. The maximum Gasteiger partial charge on any atom is 0.320 e. The van der Waals surface area contributed by atoms with Gasteiger partial charge in [0.1, 0.15) is 6.26 Å². The lowest BCUT2D eigenvalue weighted by molar-refractivity contribution is 0.0347. The van der Waals surface area contributed by atoms with E-state index in [0.717, 1.165) is 23.3 Å². The van der Waals surface area contributed by atoms with Crippen LogP contribution in [0.2, 0.25) is 4.34 Å². The van der Waals surface area contributed by atoms with E-state index in [9.17, 15) is 9.59 Å². The van der Waals surface area contributed by atoms with E-state index in [1.54, 1.807) is 0 Å². The molecule has 2 amide bonds. The molecule has 10 nitrogen and oxygen atoms in total. The fourth-order valence-corrected chi connectivity index (χ4v) is 5.77. The van der Waals surface area contributed by atoms with Crippen molar-refractivity contribution in [1.29, 1.82) is 0 Å². The number of ether oxygens (including phenoxy) is 1. The van der Waals surface area contributed by atoms with Crippen LogP contribution in [-0.4, -0.2) is 75.4 Å². The Morgan fingerprint density at radius 1 is 1.22 bits per heavy atom. The molecule has 36 heavy (non-hydrogen) atoms. The fourth-order valence-electron chi connectivity index (χ4n) is 4.74. The summed E-state index contributed by atoms with van der Waals surface area (Å²) in [6.45, 7) is 7.30. The number of morpholine rings is 1. The number of likely N-dealkylation sites (tertiary alicyclic amines) is 1. The van der Waals surface area contributed by atoms with Crippen LogP contribution in [0.5, 0.6) is 0 Å². The average Bonchev–Trinajstić information content (AvgIpc) is 3.62. The van der Waals surface area contributed by atoms with Crippen molar-refractivity contribution >= 4 is 40.8 Å². The number of aromatic nitrogens is 3. The second-order valence-electron chi connectivity index (χ2n) is 9.10. The number of amides is 2. The predicted octanol–water partition coefficient (Wildman–Crippen LogP) is 4.22. The molecule has 0 aromatic carbocycles. The quantitative estimate of drug-likeness (QED) is 0.524. The van der Waals surface area contributed by atoms with Crippen molar-refractivity contribution < 1.29 is 18.7 Å². The van der Waals surface area contributed by atoms with Gasteiger partial charge in [0.2, 0.25) is 5.95 Å². The van der Waals surface area contributed by atoms with Gasteiger partial charge in [0.05, 0.1) is 35.9 Å². The zero-order valence-corrected chi connectivity index (χ0v) is 21.8. The minimum atomic E-state index is -0.323. The second kappa shape index (κ2) is 10.6. The number of thiophene rings is 1. The van der Waals surface area contributed by atoms with Crippen LogP contribution in [0.1, 0.15) is 52.3 Å². The van der Waals surface area contributed by atoms with Crippen molar-refractivity contribution in [3.63, 3.8) is 0 Å². The number of urea groups is 1. The molecule has 5 heterocycles. The normalized spacial score (nSPS) is 20.5. The molecule has 0 bridgehead atoms. The number of carbonyl (C=O) groups is 2. The molecule has 0 saturated carbocycles. The summed E-state index contributed by atoms with van der Waals surface area (Å²) < 4.78 is 12.6. The molecule has 3 aromatic heterocycles. The van der Waals surface area contributed by atoms with Crippen LogP contribution in [0.25, 0.3) is 0 Å². The minimum absolute atomic E-state index is 0.0213. The Hall–Kier alpha value is -2.89. The van der Waals surface area contributed by atoms with Gasteiger partial charge in [-0.3, -0.25) is 4.79 Å². The molecule has 0 aliphatic carbocycles. The lowest BCUT2D eigenvalue weighted by Gasteiger charge is -2.41. The highest BCUT2D eigenvalue weighted by Gasteiger charge is 2.37. The third-order valence-electron chi connectivity index (χ3n) is 6.80. The summed E-state index contributed by atoms with van der Waals surface area (Å²) in [5.74, 6) is 0.475. The molecule has 192 valence electrons. The van der Waals surface area contributed by atoms with Gasteiger partial charge >= 0.3 is 6.03 Å². The average molecular weight is 533 g/mol. The van der Waals surface area contributed by atoms with Crippen molar-refractivity contribution in [3.8, 4) is 0 Å². The molecule has 3 aromatic rings. The van der Waals surface area contributed by atoms with E-state index in [0.29, 0.717) is 61.1 Å². The van der Waals surface area contributed by atoms with Crippen LogP contribution in [0.4, 0.5) is 10.7 Å². The van der Waals surface area contributed by atoms with E-state index in [4.69, 9.17) is 25.7 Å². The molecule has 2 unspecified atom stereocenters. The fraction of sp³-hybridized carbons (Fsp3) is 0.500. The third kappa shape index (κ3) is 5.00. The smallest absolute Gasteiger partial charge is 0.320 e. The van der Waals surface area contributed by atoms with Crippen LogP contribution in [0.3, 0.4) is 0 Å². The molecular formula is C24H29ClN6O4S. The van der Waals surface area contributed by atoms with Crippen molar-refractivity contribution in [2.24, 2.45) is 0 Å². The van der Waals surface area contributed by atoms with Gasteiger partial charge in [-0.15, -0.1) is 16.4 Å². The van der Waals surface area contributed by atoms with Crippen LogP contribution in [-0.2, 0) is 11.3 Å². The van der Waals surface area contributed by atoms with Gasteiger partial charge in [-0.1, -0.05) is 11.6 Å². The van der Waals surface area contributed by atoms with Crippen molar-refractivity contribution in [3.05, 3.63) is 50.8 Å². The Morgan fingerprint density at radius 2 is 2.03 bits per heavy atom. The number of hydrogen-bond donors (Lipinski definition) is 1. The molecule has 2 saturated heterocycles. The first-order valence-corrected chi connectivity index (χ1v) is 13.3. The van der Waals surface area contributed by atoms with Gasteiger partial charge in [-0.05, 0) is 38.8 Å². The Bertz CT molecular complexity index is 1230. The number of rotatable bonds is 5. The predicted molar refractivity (Wildman–Crippen MR) is 136 cm³/mol. The highest BCUT2D eigenvalue weighted by molar-refractivity contribution is 7.16. The summed E-state index contributed by atoms with van der Waals surface area (Å²) in [5, 5.41) is 7.91. The Morgan fingerprint density at radius 3 is 2.72 bits per heavy atom. The van der Waals surface area contributed by atoms with Gasteiger partial charge < -0.3 is 24.3 Å². The molecule has 2 aliphatic rings. The maximum absolute atomic E-state index is 13.4. The van der Waals surface area contributed by atoms with Crippen molar-refractivity contribution in [1.82, 2.24) is 24.6 Å². The standard InChI is InChI=1S/C24H29ClN6O4S/c1-15-13-35-14-19(15)22(32)31-23(26-12-17-5-6-20(25)36-17)27-21(28-31)18-4-3-7-30(16(18)2)24(33)29-8-10-34-11-9-29/h5-6,13-14,16,18H,3-4,7-12H2,1-2H3,(H,26,27,28). The molecule has 1 N–H and O–H groups in total. The number of nitrogens with zero attached hydrogens (tertiary/aromatic N) is 5. The van der Waals surface area contributed by atoms with E-state index in [1.807, 2.05) is 35.8 Å². The SMILES string of the molecule is Cc1cocc1C(=O)n1nc(C2CCCN(C(=O)N3CCOCC3)C2C)nc1NCc1ccc(Cl)s1. The van der Waals surface area contributed by atoms with Gasteiger partial charge in [0, 0.05) is 42.0 Å². The highest BCUT2D eigenvalue weighted by atomic mass is 35.5. The van der Waals surface area contributed by atoms with Crippen LogP contribution in [0, 0.1) is 6.92 Å². The number of piperidine rings is 1. The zero-order valence-electron chi connectivity index (χ0n) is 20.3. The van der Waals surface area contributed by atoms with Crippen molar-refractivity contribution in [2.75, 3.05) is 38.2 Å². The number of halogens is 1. The largest absolute Gasteiger partial charge is 0.471 e. The first-order valence-electron chi connectivity index (χ1n) is 12.1. The van der Waals surface area contributed by atoms with Gasteiger partial charge in [-0.2, -0.15) is 9.67 Å². The summed E-state index contributed by atoms with van der Waals surface area (Å²) >= 11 is 7.54. The van der Waals surface area contributed by atoms with Gasteiger partial charge in [0.15, 0.2) is 5.82 Å². The lowest BCUT2D eigenvalue weighted by atomic mass is 9.89. The Balaban J connectivity index is 1.41. The topological polar surface area (TPSA) is 106 Å². The molecule has 5 rings (SSSR count). The van der Waals surface area contributed by atoms with Gasteiger partial charge in [-0.25, -0.2) is 4.79 Å². The molecule has 2 aliphatic heterocycles. The van der Waals surface area contributed by atoms with Crippen molar-refractivity contribution in [2.45, 2.75) is 45.2 Å². The van der Waals surface area contributed by atoms with Gasteiger partial charge in [0.25, 0.3) is 5.91 Å². The van der Waals surface area contributed by atoms with Crippen LogP contribution >= 0.6 is 22.9 Å². The molecule has 12 heteroatoms. The zero-order chi connectivity index (χ0) is 25.2. The monoisotopic (exact) mass is 532 g/mol. The summed E-state index contributed by atoms with van der Waals surface area (Å²) in [4.78, 5) is 36.1. The third-order valence-corrected chi connectivity index (χ3v) is 8.03. The summed E-state index contributed by atoms with van der Waals surface area (Å²) in [7, 11) is 0. The molecular weight excluding hydrogens is 504 g/mol. The molecule has 2 fully saturated rings. The van der Waals surface area contributed by atoms with E-state index in [-0.39, 0.29) is 23.9 Å². The maximum atomic E-state index is 13.4. The molecule has 0 spiro atoms. The molecule has 0 radical (unpaired) electrons. The van der Waals surface area contributed by atoms with E-state index in [2.05, 4.69) is 10.4 Å². The van der Waals surface area contributed by atoms with Crippen LogP contribution in [0.15, 0.2) is 29.1 Å². The Labute approximate surface area is 218 Å². The number of furan rings is 1. The lowest BCUT2D eigenvalue weighted by Crippen LogP contribution is -2.54. The van der Waals surface area contributed by atoms with E-state index in [1.165, 1.54) is 28.5 Å². The second-order valence-corrected chi connectivity index (χ2v) is 10.9. The minimum Gasteiger partial charge on any atom is -0.471 e. The number of anilines is 1. The van der Waals surface area contributed by atoms with E-state index < -0.39 is 0 Å².